The van der Waals surface area contributed by atoms with Crippen LogP contribution < -0.4 is 0 Å². The van der Waals surface area contributed by atoms with Gasteiger partial charge in [0, 0.05) is 6.42 Å². The number of esters is 1. The number of rotatable bonds is 6. The molecule has 0 heterocycles. The van der Waals surface area contributed by atoms with E-state index in [9.17, 15) is 4.79 Å². The largest absolute Gasteiger partial charge is 0.466 e. The number of hydrogen-bond donors (Lipinski definition) is 0. The lowest BCUT2D eigenvalue weighted by molar-refractivity contribution is -0.143. The molecule has 0 aromatic carbocycles. The Kier molecular flexibility index (Phi) is 7.76. The van der Waals surface area contributed by atoms with Crippen LogP contribution in [-0.2, 0) is 9.53 Å². The van der Waals surface area contributed by atoms with Gasteiger partial charge in [0.15, 0.2) is 0 Å². The van der Waals surface area contributed by atoms with E-state index >= 15 is 0 Å². The summed E-state index contributed by atoms with van der Waals surface area (Å²) < 4.78 is 4.88. The van der Waals surface area contributed by atoms with Gasteiger partial charge < -0.3 is 4.74 Å². The van der Waals surface area contributed by atoms with Crippen LogP contribution in [0.1, 0.15) is 32.6 Å². The smallest absolute Gasteiger partial charge is 0.306 e. The SMILES string of the molecule is [CH2]CC=CCCC(=O)OCCC. The van der Waals surface area contributed by atoms with E-state index in [0.29, 0.717) is 13.0 Å². The summed E-state index contributed by atoms with van der Waals surface area (Å²) in [6, 6.07) is 0. The number of allylic oxidation sites excluding steroid dienone is 2. The first-order valence-electron chi connectivity index (χ1n) is 4.41. The van der Waals surface area contributed by atoms with E-state index in [-0.39, 0.29) is 5.97 Å². The maximum Gasteiger partial charge on any atom is 0.306 e. The molecule has 69 valence electrons. The molecule has 2 heteroatoms. The Bertz CT molecular complexity index is 139. The van der Waals surface area contributed by atoms with Crippen LogP contribution in [0.2, 0.25) is 0 Å². The molecule has 0 atom stereocenters. The standard InChI is InChI=1S/C10H17O2/c1-3-5-6-7-8-10(11)12-9-4-2/h5-6H,1,3-4,7-9H2,2H3. The Morgan fingerprint density at radius 2 is 2.25 bits per heavy atom. The van der Waals surface area contributed by atoms with Crippen LogP contribution in [0.15, 0.2) is 12.2 Å². The van der Waals surface area contributed by atoms with E-state index in [4.69, 9.17) is 4.74 Å². The van der Waals surface area contributed by atoms with Crippen LogP contribution in [-0.4, -0.2) is 12.6 Å². The van der Waals surface area contributed by atoms with Crippen LogP contribution in [0, 0.1) is 6.92 Å². The lowest BCUT2D eigenvalue weighted by Crippen LogP contribution is -2.03. The van der Waals surface area contributed by atoms with Gasteiger partial charge in [-0.3, -0.25) is 4.79 Å². The van der Waals surface area contributed by atoms with Crippen molar-refractivity contribution in [2.75, 3.05) is 6.61 Å². The third-order valence-electron chi connectivity index (χ3n) is 1.32. The van der Waals surface area contributed by atoms with Crippen LogP contribution in [0.5, 0.6) is 0 Å². The summed E-state index contributed by atoms with van der Waals surface area (Å²) >= 11 is 0. The lowest BCUT2D eigenvalue weighted by atomic mass is 10.3. The number of carbonyl (C=O) groups is 1. The summed E-state index contributed by atoms with van der Waals surface area (Å²) in [5.74, 6) is -0.106. The molecular weight excluding hydrogens is 152 g/mol. The van der Waals surface area contributed by atoms with Gasteiger partial charge in [-0.15, -0.1) is 0 Å². The van der Waals surface area contributed by atoms with E-state index in [0.717, 1.165) is 19.3 Å². The second kappa shape index (κ2) is 8.31. The van der Waals surface area contributed by atoms with Gasteiger partial charge >= 0.3 is 5.97 Å². The van der Waals surface area contributed by atoms with Crippen molar-refractivity contribution in [3.8, 4) is 0 Å². The maximum atomic E-state index is 10.9. The minimum absolute atomic E-state index is 0.106. The highest BCUT2D eigenvalue weighted by Crippen LogP contribution is 1.95. The second-order valence-corrected chi connectivity index (χ2v) is 2.52. The van der Waals surface area contributed by atoms with Crippen molar-refractivity contribution in [2.45, 2.75) is 32.6 Å². The van der Waals surface area contributed by atoms with Gasteiger partial charge in [-0.25, -0.2) is 0 Å². The highest BCUT2D eigenvalue weighted by atomic mass is 16.5. The van der Waals surface area contributed by atoms with Crippen molar-refractivity contribution < 1.29 is 9.53 Å². The summed E-state index contributed by atoms with van der Waals surface area (Å²) in [6.07, 6.45) is 6.83. The minimum Gasteiger partial charge on any atom is -0.466 e. The van der Waals surface area contributed by atoms with Crippen molar-refractivity contribution in [2.24, 2.45) is 0 Å². The number of hydrogen-bond acceptors (Lipinski definition) is 2. The highest BCUT2D eigenvalue weighted by molar-refractivity contribution is 5.69. The average molecular weight is 169 g/mol. The van der Waals surface area contributed by atoms with Gasteiger partial charge in [0.1, 0.15) is 0 Å². The summed E-state index contributed by atoms with van der Waals surface area (Å²) in [7, 11) is 0. The van der Waals surface area contributed by atoms with Crippen LogP contribution >= 0.6 is 0 Å². The molecule has 0 aliphatic heterocycles. The normalized spacial score (nSPS) is 10.5. The van der Waals surface area contributed by atoms with Gasteiger partial charge in [-0.05, 0) is 26.2 Å². The topological polar surface area (TPSA) is 26.3 Å². The Labute approximate surface area is 74.6 Å². The molecule has 2 nitrogen and oxygen atoms in total. The summed E-state index contributed by atoms with van der Waals surface area (Å²) in [5, 5.41) is 0. The van der Waals surface area contributed by atoms with Crippen molar-refractivity contribution in [1.29, 1.82) is 0 Å². The van der Waals surface area contributed by atoms with Gasteiger partial charge in [-0.2, -0.15) is 0 Å². The van der Waals surface area contributed by atoms with Crippen LogP contribution in [0.3, 0.4) is 0 Å². The molecule has 1 radical (unpaired) electrons. The van der Waals surface area contributed by atoms with Gasteiger partial charge in [0.2, 0.25) is 0 Å². The van der Waals surface area contributed by atoms with Crippen molar-refractivity contribution >= 4 is 5.97 Å². The van der Waals surface area contributed by atoms with E-state index < -0.39 is 0 Å². The average Bonchev–Trinajstić information content (AvgIpc) is 2.09. The lowest BCUT2D eigenvalue weighted by Gasteiger charge is -1.99. The fourth-order valence-corrected chi connectivity index (χ4v) is 0.725. The van der Waals surface area contributed by atoms with Crippen molar-refractivity contribution in [1.82, 2.24) is 0 Å². The number of ether oxygens (including phenoxy) is 1. The van der Waals surface area contributed by atoms with E-state index in [2.05, 4.69) is 6.92 Å². The molecule has 0 saturated heterocycles. The first-order valence-corrected chi connectivity index (χ1v) is 4.41. The molecule has 0 fully saturated rings. The summed E-state index contributed by atoms with van der Waals surface area (Å²) in [4.78, 5) is 10.9. The molecule has 0 aromatic heterocycles. The zero-order valence-corrected chi connectivity index (χ0v) is 7.71. The molecule has 0 saturated carbocycles. The Balaban J connectivity index is 3.25. The molecule has 0 aliphatic rings. The quantitative estimate of drug-likeness (QED) is 0.451. The minimum atomic E-state index is -0.106. The molecule has 0 unspecified atom stereocenters. The maximum absolute atomic E-state index is 10.9. The number of carbonyl (C=O) groups excluding carboxylic acids is 1. The monoisotopic (exact) mass is 169 g/mol. The molecule has 0 amide bonds. The first-order chi connectivity index (χ1) is 5.81. The third kappa shape index (κ3) is 7.32. The summed E-state index contributed by atoms with van der Waals surface area (Å²) in [6.45, 7) is 6.17. The fourth-order valence-electron chi connectivity index (χ4n) is 0.725. The Morgan fingerprint density at radius 1 is 1.50 bits per heavy atom. The molecule has 0 aliphatic carbocycles. The molecule has 0 rings (SSSR count). The second-order valence-electron chi connectivity index (χ2n) is 2.52. The summed E-state index contributed by atoms with van der Waals surface area (Å²) in [5.41, 5.74) is 0. The first kappa shape index (κ1) is 11.2. The molecule has 0 bridgehead atoms. The fraction of sp³-hybridized carbons (Fsp3) is 0.600. The van der Waals surface area contributed by atoms with E-state index in [1.165, 1.54) is 0 Å². The Hall–Kier alpha value is -0.790. The third-order valence-corrected chi connectivity index (χ3v) is 1.32. The molecule has 0 spiro atoms. The Morgan fingerprint density at radius 3 is 2.83 bits per heavy atom. The predicted octanol–water partition coefficient (Wildman–Crippen LogP) is 2.50. The van der Waals surface area contributed by atoms with Crippen LogP contribution in [0.25, 0.3) is 0 Å². The molecular formula is C10H17O2. The highest BCUT2D eigenvalue weighted by Gasteiger charge is 1.98. The molecule has 0 N–H and O–H groups in total. The van der Waals surface area contributed by atoms with Crippen molar-refractivity contribution in [3.63, 3.8) is 0 Å². The van der Waals surface area contributed by atoms with Gasteiger partial charge in [0.05, 0.1) is 6.61 Å². The zero-order chi connectivity index (χ0) is 9.23. The van der Waals surface area contributed by atoms with Crippen molar-refractivity contribution in [3.05, 3.63) is 19.1 Å². The van der Waals surface area contributed by atoms with E-state index in [1.54, 1.807) is 0 Å². The zero-order valence-electron chi connectivity index (χ0n) is 7.71. The molecule has 0 aromatic rings. The van der Waals surface area contributed by atoms with Gasteiger partial charge in [-0.1, -0.05) is 19.1 Å². The molecule has 12 heavy (non-hydrogen) atoms. The van der Waals surface area contributed by atoms with Gasteiger partial charge in [0.25, 0.3) is 0 Å². The van der Waals surface area contributed by atoms with E-state index in [1.807, 2.05) is 19.1 Å². The predicted molar refractivity (Wildman–Crippen MR) is 49.6 cm³/mol. The van der Waals surface area contributed by atoms with Crippen LogP contribution in [0.4, 0.5) is 0 Å².